The predicted molar refractivity (Wildman–Crippen MR) is 90.5 cm³/mol. The third kappa shape index (κ3) is 3.57. The average molecular weight is 364 g/mol. The standard InChI is InChI=1S/C16H20N4O4S/c1-16(2,3)15-18-14(24-19-15)10-7-13(21)20(9-10)11-5-4-6-12(8-11)25(17,22)23/h4-6,8,10H,7,9H2,1-3H3,(H2,17,22,23). The number of aromatic nitrogens is 2. The number of anilines is 1. The van der Waals surface area contributed by atoms with E-state index in [9.17, 15) is 13.2 Å². The van der Waals surface area contributed by atoms with Crippen LogP contribution in [0.1, 0.15) is 44.8 Å². The second kappa shape index (κ2) is 5.92. The highest BCUT2D eigenvalue weighted by atomic mass is 32.2. The van der Waals surface area contributed by atoms with Gasteiger partial charge in [-0.2, -0.15) is 4.98 Å². The first kappa shape index (κ1) is 17.6. The first-order chi connectivity index (χ1) is 11.6. The predicted octanol–water partition coefficient (Wildman–Crippen LogP) is 1.54. The van der Waals surface area contributed by atoms with Crippen LogP contribution in [0.4, 0.5) is 5.69 Å². The Hall–Kier alpha value is -2.26. The molecule has 9 heteroatoms. The van der Waals surface area contributed by atoms with Gasteiger partial charge in [0.25, 0.3) is 0 Å². The van der Waals surface area contributed by atoms with E-state index >= 15 is 0 Å². The summed E-state index contributed by atoms with van der Waals surface area (Å²) in [5.41, 5.74) is 0.239. The quantitative estimate of drug-likeness (QED) is 0.882. The molecule has 0 bridgehead atoms. The topological polar surface area (TPSA) is 119 Å². The number of nitrogens with two attached hydrogens (primary N) is 1. The molecule has 0 aliphatic carbocycles. The molecule has 1 aromatic carbocycles. The second-order valence-corrected chi connectivity index (χ2v) is 8.72. The Bertz CT molecular complexity index is 914. The number of sulfonamides is 1. The van der Waals surface area contributed by atoms with Gasteiger partial charge in [0.2, 0.25) is 21.8 Å². The minimum Gasteiger partial charge on any atom is -0.339 e. The van der Waals surface area contributed by atoms with Crippen molar-refractivity contribution in [1.82, 2.24) is 10.1 Å². The first-order valence-corrected chi connectivity index (χ1v) is 9.37. The maximum Gasteiger partial charge on any atom is 0.238 e. The number of amides is 1. The number of rotatable bonds is 3. The van der Waals surface area contributed by atoms with Crippen molar-refractivity contribution in [1.29, 1.82) is 0 Å². The van der Waals surface area contributed by atoms with E-state index in [4.69, 9.17) is 9.66 Å². The molecule has 1 aliphatic rings. The number of nitrogens with zero attached hydrogens (tertiary/aromatic N) is 3. The van der Waals surface area contributed by atoms with Crippen LogP contribution in [0.5, 0.6) is 0 Å². The lowest BCUT2D eigenvalue weighted by Crippen LogP contribution is -2.24. The van der Waals surface area contributed by atoms with E-state index in [0.717, 1.165) is 0 Å². The molecule has 1 aliphatic heterocycles. The molecular formula is C16H20N4O4S. The number of carbonyl (C=O) groups is 1. The third-order valence-electron chi connectivity index (χ3n) is 4.04. The monoisotopic (exact) mass is 364 g/mol. The molecule has 0 spiro atoms. The molecule has 1 fully saturated rings. The number of carbonyl (C=O) groups excluding carboxylic acids is 1. The summed E-state index contributed by atoms with van der Waals surface area (Å²) in [4.78, 5) is 18.3. The molecule has 2 aromatic rings. The van der Waals surface area contributed by atoms with Crippen molar-refractivity contribution in [2.75, 3.05) is 11.4 Å². The molecule has 1 saturated heterocycles. The Kier molecular flexibility index (Phi) is 4.16. The second-order valence-electron chi connectivity index (χ2n) is 7.15. The summed E-state index contributed by atoms with van der Waals surface area (Å²) in [6.45, 7) is 6.28. The van der Waals surface area contributed by atoms with Crippen molar-refractivity contribution in [2.45, 2.75) is 43.4 Å². The fourth-order valence-corrected chi connectivity index (χ4v) is 3.21. The summed E-state index contributed by atoms with van der Waals surface area (Å²) in [7, 11) is -3.83. The van der Waals surface area contributed by atoms with Crippen LogP contribution >= 0.6 is 0 Å². The third-order valence-corrected chi connectivity index (χ3v) is 4.96. The molecule has 0 saturated carbocycles. The Morgan fingerprint density at radius 1 is 1.32 bits per heavy atom. The highest BCUT2D eigenvalue weighted by Crippen LogP contribution is 2.32. The van der Waals surface area contributed by atoms with E-state index in [1.807, 2.05) is 20.8 Å². The van der Waals surface area contributed by atoms with Crippen LogP contribution in [0.15, 0.2) is 33.7 Å². The molecule has 1 atom stereocenters. The Morgan fingerprint density at radius 2 is 2.04 bits per heavy atom. The van der Waals surface area contributed by atoms with Gasteiger partial charge < -0.3 is 9.42 Å². The summed E-state index contributed by atoms with van der Waals surface area (Å²) in [6.07, 6.45) is 0.228. The van der Waals surface area contributed by atoms with Gasteiger partial charge in [0, 0.05) is 24.1 Å². The number of hydrogen-bond donors (Lipinski definition) is 1. The van der Waals surface area contributed by atoms with Gasteiger partial charge in [-0.25, -0.2) is 13.6 Å². The van der Waals surface area contributed by atoms with Crippen LogP contribution in [0, 0.1) is 0 Å². The van der Waals surface area contributed by atoms with Crippen LogP contribution < -0.4 is 10.0 Å². The van der Waals surface area contributed by atoms with E-state index in [1.165, 1.54) is 17.0 Å². The zero-order valence-corrected chi connectivity index (χ0v) is 15.1. The summed E-state index contributed by atoms with van der Waals surface area (Å²) in [5.74, 6) is 0.648. The van der Waals surface area contributed by atoms with Crippen LogP contribution in [0.25, 0.3) is 0 Å². The number of primary sulfonamides is 1. The summed E-state index contributed by atoms with van der Waals surface area (Å²) >= 11 is 0. The van der Waals surface area contributed by atoms with Gasteiger partial charge in [0.05, 0.1) is 10.8 Å². The minimum absolute atomic E-state index is 0.0333. The molecule has 2 N–H and O–H groups in total. The Labute approximate surface area is 146 Å². The summed E-state index contributed by atoms with van der Waals surface area (Å²) in [5, 5.41) is 9.15. The van der Waals surface area contributed by atoms with Gasteiger partial charge in [-0.05, 0) is 18.2 Å². The first-order valence-electron chi connectivity index (χ1n) is 7.83. The van der Waals surface area contributed by atoms with Gasteiger partial charge in [-0.3, -0.25) is 4.79 Å². The van der Waals surface area contributed by atoms with Crippen molar-refractivity contribution < 1.29 is 17.7 Å². The fourth-order valence-electron chi connectivity index (χ4n) is 2.66. The van der Waals surface area contributed by atoms with Crippen LogP contribution in [0.2, 0.25) is 0 Å². The van der Waals surface area contributed by atoms with Crippen LogP contribution in [-0.2, 0) is 20.2 Å². The van der Waals surface area contributed by atoms with Gasteiger partial charge in [0.15, 0.2) is 5.82 Å². The van der Waals surface area contributed by atoms with Crippen molar-refractivity contribution in [2.24, 2.45) is 5.14 Å². The molecule has 25 heavy (non-hydrogen) atoms. The SMILES string of the molecule is CC(C)(C)c1noc(C2CC(=O)N(c3cccc(S(N)(=O)=O)c3)C2)n1. The van der Waals surface area contributed by atoms with Crippen molar-refractivity contribution >= 4 is 21.6 Å². The molecule has 3 rings (SSSR count). The minimum atomic E-state index is -3.83. The molecule has 1 unspecified atom stereocenters. The van der Waals surface area contributed by atoms with E-state index < -0.39 is 10.0 Å². The Balaban J connectivity index is 1.85. The van der Waals surface area contributed by atoms with Gasteiger partial charge >= 0.3 is 0 Å². The number of hydrogen-bond acceptors (Lipinski definition) is 6. The smallest absolute Gasteiger partial charge is 0.238 e. The fraction of sp³-hybridized carbons (Fsp3) is 0.438. The molecule has 0 radical (unpaired) electrons. The molecule has 134 valence electrons. The lowest BCUT2D eigenvalue weighted by atomic mass is 9.96. The van der Waals surface area contributed by atoms with Crippen molar-refractivity contribution in [3.05, 3.63) is 36.0 Å². The lowest BCUT2D eigenvalue weighted by molar-refractivity contribution is -0.117. The molecule has 1 amide bonds. The maximum atomic E-state index is 12.4. The van der Waals surface area contributed by atoms with E-state index in [1.54, 1.807) is 12.1 Å². The van der Waals surface area contributed by atoms with E-state index in [0.29, 0.717) is 23.9 Å². The highest BCUT2D eigenvalue weighted by molar-refractivity contribution is 7.89. The van der Waals surface area contributed by atoms with Crippen LogP contribution in [-0.4, -0.2) is 31.0 Å². The van der Waals surface area contributed by atoms with E-state index in [2.05, 4.69) is 10.1 Å². The van der Waals surface area contributed by atoms with Crippen LogP contribution in [0.3, 0.4) is 0 Å². The number of benzene rings is 1. The highest BCUT2D eigenvalue weighted by Gasteiger charge is 2.36. The van der Waals surface area contributed by atoms with Gasteiger partial charge in [-0.1, -0.05) is 32.0 Å². The molecular weight excluding hydrogens is 344 g/mol. The summed E-state index contributed by atoms with van der Waals surface area (Å²) < 4.78 is 28.3. The van der Waals surface area contributed by atoms with Gasteiger partial charge in [0.1, 0.15) is 0 Å². The van der Waals surface area contributed by atoms with E-state index in [-0.39, 0.29) is 28.6 Å². The largest absolute Gasteiger partial charge is 0.339 e. The zero-order valence-electron chi connectivity index (χ0n) is 14.3. The maximum absolute atomic E-state index is 12.4. The lowest BCUT2D eigenvalue weighted by Gasteiger charge is -2.16. The average Bonchev–Trinajstić information content (AvgIpc) is 3.12. The van der Waals surface area contributed by atoms with Gasteiger partial charge in [-0.15, -0.1) is 0 Å². The zero-order chi connectivity index (χ0) is 18.4. The van der Waals surface area contributed by atoms with Crippen molar-refractivity contribution in [3.63, 3.8) is 0 Å². The summed E-state index contributed by atoms with van der Waals surface area (Å²) in [6, 6.07) is 6.01. The molecule has 1 aromatic heterocycles. The molecule has 8 nitrogen and oxygen atoms in total. The normalized spacial score (nSPS) is 18.8. The van der Waals surface area contributed by atoms with Crippen molar-refractivity contribution in [3.8, 4) is 0 Å². The molecule has 2 heterocycles. The Morgan fingerprint density at radius 3 is 2.64 bits per heavy atom.